The van der Waals surface area contributed by atoms with Crippen molar-refractivity contribution in [2.45, 2.75) is 59.5 Å². The molecular weight excluding hydrogens is 574 g/mol. The fourth-order valence-corrected chi connectivity index (χ4v) is 6.26. The summed E-state index contributed by atoms with van der Waals surface area (Å²) in [5.74, 6) is 0.769. The van der Waals surface area contributed by atoms with Crippen LogP contribution in [0.15, 0.2) is 60.8 Å². The predicted molar refractivity (Wildman–Crippen MR) is 177 cm³/mol. The predicted octanol–water partition coefficient (Wildman–Crippen LogP) is 6.77. The first-order chi connectivity index (χ1) is 21.0. The van der Waals surface area contributed by atoms with E-state index >= 15 is 0 Å². The molecule has 6 rings (SSSR count). The zero-order valence-electron chi connectivity index (χ0n) is 25.8. The minimum atomic E-state index is -0.500. The number of thiazole rings is 1. The number of carbonyl (C=O) groups excluding carboxylic acids is 1. The van der Waals surface area contributed by atoms with Crippen molar-refractivity contribution >= 4 is 44.8 Å². The Hall–Kier alpha value is -4.34. The van der Waals surface area contributed by atoms with Crippen molar-refractivity contribution in [1.29, 1.82) is 0 Å². The van der Waals surface area contributed by atoms with Crippen LogP contribution in [0.5, 0.6) is 5.75 Å². The second-order valence-corrected chi connectivity index (χ2v) is 12.4. The number of benzene rings is 3. The highest BCUT2D eigenvalue weighted by atomic mass is 32.1. The Labute approximate surface area is 261 Å². The van der Waals surface area contributed by atoms with Crippen LogP contribution in [0.2, 0.25) is 0 Å². The van der Waals surface area contributed by atoms with Gasteiger partial charge < -0.3 is 20.3 Å². The first-order valence-corrected chi connectivity index (χ1v) is 15.5. The molecule has 0 radical (unpaired) electrons. The lowest BCUT2D eigenvalue weighted by atomic mass is 9.90. The van der Waals surface area contributed by atoms with Gasteiger partial charge in [0.05, 0.1) is 27.9 Å². The maximum absolute atomic E-state index is 13.0. The summed E-state index contributed by atoms with van der Waals surface area (Å²) in [6.07, 6.45) is 4.45. The van der Waals surface area contributed by atoms with E-state index in [1.165, 1.54) is 33.6 Å². The number of aliphatic hydroxyl groups is 1. The van der Waals surface area contributed by atoms with Gasteiger partial charge in [0, 0.05) is 35.7 Å². The van der Waals surface area contributed by atoms with E-state index in [9.17, 15) is 4.79 Å². The molecule has 3 N–H and O–H groups in total. The highest BCUT2D eigenvalue weighted by molar-refractivity contribution is 7.20. The first kappa shape index (κ1) is 32.6. The second kappa shape index (κ2) is 14.4. The average Bonchev–Trinajstić information content (AvgIpc) is 3.41. The van der Waals surface area contributed by atoms with E-state index in [1.807, 2.05) is 24.4 Å². The maximum Gasteiger partial charge on any atom is 0.290 e. The van der Waals surface area contributed by atoms with Crippen LogP contribution < -0.4 is 10.1 Å². The number of amides is 1. The van der Waals surface area contributed by atoms with Crippen LogP contribution in [0.1, 0.15) is 59.8 Å². The van der Waals surface area contributed by atoms with Crippen molar-refractivity contribution in [3.8, 4) is 16.9 Å². The van der Waals surface area contributed by atoms with Crippen molar-refractivity contribution in [2.75, 3.05) is 13.2 Å². The van der Waals surface area contributed by atoms with Crippen molar-refractivity contribution in [1.82, 2.24) is 15.3 Å². The maximum atomic E-state index is 13.0. The Bertz CT molecular complexity index is 1740. The van der Waals surface area contributed by atoms with Gasteiger partial charge in [-0.3, -0.25) is 14.6 Å². The Morgan fingerprint density at radius 3 is 2.52 bits per heavy atom. The molecule has 3 aromatic carbocycles. The molecular formula is C35H39N3O5S. The topological polar surface area (TPSA) is 122 Å². The molecule has 0 fully saturated rings. The van der Waals surface area contributed by atoms with Gasteiger partial charge in [0.2, 0.25) is 0 Å². The molecule has 2 aromatic heterocycles. The number of nitrogens with zero attached hydrogens (tertiary/aromatic N) is 2. The van der Waals surface area contributed by atoms with E-state index in [4.69, 9.17) is 29.7 Å². The second-order valence-electron chi connectivity index (χ2n) is 11.4. The summed E-state index contributed by atoms with van der Waals surface area (Å²) >= 11 is 1.47. The molecule has 44 heavy (non-hydrogen) atoms. The van der Waals surface area contributed by atoms with Gasteiger partial charge in [0.1, 0.15) is 5.75 Å². The SMILES string of the molecule is CC(C)(C)O.CCc1c(C)cc2nc(C(=O)NCCc3ccccc3)sc2c1-c1ccc2c3c(ccnc13)CCO2.O=CO. The van der Waals surface area contributed by atoms with E-state index in [2.05, 4.69) is 55.6 Å². The third-order valence-corrected chi connectivity index (χ3v) is 8.03. The normalized spacial score (nSPS) is 12.0. The van der Waals surface area contributed by atoms with Gasteiger partial charge in [-0.05, 0) is 87.1 Å². The lowest BCUT2D eigenvalue weighted by Crippen LogP contribution is -2.25. The summed E-state index contributed by atoms with van der Waals surface area (Å²) in [7, 11) is 0. The van der Waals surface area contributed by atoms with E-state index in [0.717, 1.165) is 57.3 Å². The van der Waals surface area contributed by atoms with Crippen LogP contribution in [0.3, 0.4) is 0 Å². The molecule has 0 saturated carbocycles. The molecule has 1 amide bonds. The first-order valence-electron chi connectivity index (χ1n) is 14.6. The van der Waals surface area contributed by atoms with Gasteiger partial charge in [0.15, 0.2) is 5.01 Å². The number of pyridine rings is 1. The number of nitrogens with one attached hydrogen (secondary N) is 1. The van der Waals surface area contributed by atoms with E-state index in [0.29, 0.717) is 18.2 Å². The highest BCUT2D eigenvalue weighted by Crippen LogP contribution is 2.43. The zero-order chi connectivity index (χ0) is 31.9. The molecule has 8 nitrogen and oxygen atoms in total. The average molecular weight is 614 g/mol. The summed E-state index contributed by atoms with van der Waals surface area (Å²) in [5, 5.41) is 20.1. The summed E-state index contributed by atoms with van der Waals surface area (Å²) in [4.78, 5) is 31.0. The van der Waals surface area contributed by atoms with Gasteiger partial charge in [0.25, 0.3) is 12.4 Å². The number of ether oxygens (including phenoxy) is 1. The molecule has 0 spiro atoms. The number of aryl methyl sites for hydroxylation is 1. The van der Waals surface area contributed by atoms with E-state index < -0.39 is 5.60 Å². The van der Waals surface area contributed by atoms with Crippen molar-refractivity contribution in [3.63, 3.8) is 0 Å². The summed E-state index contributed by atoms with van der Waals surface area (Å²) in [5.41, 5.74) is 8.43. The highest BCUT2D eigenvalue weighted by Gasteiger charge is 2.23. The number of carboxylic acid groups (broad SMARTS) is 1. The van der Waals surface area contributed by atoms with Gasteiger partial charge in [-0.15, -0.1) is 11.3 Å². The standard InChI is InChI=1S/C30H27N3O2S.C4H10O.CH2O2/c1-3-21-18(2)17-23-28(36-30(33-23)29(34)32-14-11-19-7-5-4-6-8-19)26(21)22-9-10-24-25-20(13-16-35-24)12-15-31-27(22)25;1-4(2,3)5;2-1-3/h4-10,12,15,17H,3,11,13-14,16H2,1-2H3,(H,32,34);5H,1-3H3;1H,(H,2,3). The lowest BCUT2D eigenvalue weighted by Gasteiger charge is -2.21. The molecule has 0 aliphatic carbocycles. The molecule has 0 atom stereocenters. The minimum Gasteiger partial charge on any atom is -0.493 e. The molecule has 0 unspecified atom stereocenters. The smallest absolute Gasteiger partial charge is 0.290 e. The number of aromatic nitrogens is 2. The van der Waals surface area contributed by atoms with Gasteiger partial charge >= 0.3 is 0 Å². The number of rotatable bonds is 6. The van der Waals surface area contributed by atoms with Crippen LogP contribution in [0.25, 0.3) is 32.2 Å². The largest absolute Gasteiger partial charge is 0.493 e. The number of hydrogen-bond acceptors (Lipinski definition) is 7. The third-order valence-electron chi connectivity index (χ3n) is 6.94. The fourth-order valence-electron chi connectivity index (χ4n) is 5.22. The summed E-state index contributed by atoms with van der Waals surface area (Å²) in [6.45, 7) is 10.6. The Morgan fingerprint density at radius 1 is 1.14 bits per heavy atom. The molecule has 9 heteroatoms. The van der Waals surface area contributed by atoms with Gasteiger partial charge in [-0.1, -0.05) is 37.3 Å². The summed E-state index contributed by atoms with van der Waals surface area (Å²) < 4.78 is 6.99. The van der Waals surface area contributed by atoms with Crippen LogP contribution in [-0.4, -0.2) is 51.3 Å². The van der Waals surface area contributed by atoms with Crippen LogP contribution >= 0.6 is 11.3 Å². The molecule has 1 aliphatic rings. The number of hydrogen-bond donors (Lipinski definition) is 3. The fraction of sp³-hybridized carbons (Fsp3) is 0.314. The Balaban J connectivity index is 0.000000496. The van der Waals surface area contributed by atoms with Crippen LogP contribution in [0.4, 0.5) is 0 Å². The van der Waals surface area contributed by atoms with Gasteiger partial charge in [-0.25, -0.2) is 4.98 Å². The molecule has 0 bridgehead atoms. The molecule has 1 aliphatic heterocycles. The quantitative estimate of drug-likeness (QED) is 0.181. The molecule has 3 heterocycles. The van der Waals surface area contributed by atoms with Crippen LogP contribution in [-0.2, 0) is 24.1 Å². The third kappa shape index (κ3) is 7.78. The van der Waals surface area contributed by atoms with Crippen LogP contribution in [0, 0.1) is 6.92 Å². The van der Waals surface area contributed by atoms with E-state index in [1.54, 1.807) is 20.8 Å². The summed E-state index contributed by atoms with van der Waals surface area (Å²) in [6, 6.07) is 18.6. The van der Waals surface area contributed by atoms with Crippen molar-refractivity contribution in [2.24, 2.45) is 0 Å². The minimum absolute atomic E-state index is 0.128. The number of fused-ring (bicyclic) bond motifs is 1. The molecule has 5 aromatic rings. The van der Waals surface area contributed by atoms with Crippen molar-refractivity contribution < 1.29 is 24.5 Å². The van der Waals surface area contributed by atoms with Crippen molar-refractivity contribution in [3.05, 3.63) is 88.1 Å². The molecule has 230 valence electrons. The monoisotopic (exact) mass is 613 g/mol. The molecule has 0 saturated heterocycles. The van der Waals surface area contributed by atoms with Gasteiger partial charge in [-0.2, -0.15) is 0 Å². The lowest BCUT2D eigenvalue weighted by molar-refractivity contribution is -0.122. The number of carbonyl (C=O) groups is 2. The van der Waals surface area contributed by atoms with E-state index in [-0.39, 0.29) is 12.4 Å². The Kier molecular flexibility index (Phi) is 10.7. The Morgan fingerprint density at radius 2 is 1.84 bits per heavy atom. The zero-order valence-corrected chi connectivity index (χ0v) is 26.6.